The number of halogens is 1. The van der Waals surface area contributed by atoms with Crippen molar-refractivity contribution < 1.29 is 4.58 Å². The number of hydrogen-bond acceptors (Lipinski definition) is 0. The first-order valence-electron chi connectivity index (χ1n) is 28.0. The molecule has 0 spiro atoms. The fraction of sp³-hybridized carbons (Fsp3) is 0.122. The van der Waals surface area contributed by atoms with Gasteiger partial charge in [-0.3, -0.25) is 0 Å². The van der Waals surface area contributed by atoms with E-state index in [0.29, 0.717) is 0 Å². The van der Waals surface area contributed by atoms with Gasteiger partial charge in [-0.1, -0.05) is 212 Å². The fourth-order valence-electron chi connectivity index (χ4n) is 13.0. The molecule has 1 aliphatic heterocycles. The van der Waals surface area contributed by atoms with Crippen LogP contribution in [0.2, 0.25) is 0 Å². The van der Waals surface area contributed by atoms with Crippen LogP contribution in [0.25, 0.3) is 83.2 Å². The molecule has 4 heterocycles. The van der Waals surface area contributed by atoms with Crippen LogP contribution in [0.15, 0.2) is 259 Å². The summed E-state index contributed by atoms with van der Waals surface area (Å²) in [5.74, 6) is 0. The largest absolute Gasteiger partial charge is 0.343 e. The first-order valence-corrected chi connectivity index (χ1v) is 28.4. The molecule has 13 rings (SSSR count). The van der Waals surface area contributed by atoms with Crippen LogP contribution in [0.1, 0.15) is 61.4 Å². The van der Waals surface area contributed by atoms with Crippen molar-refractivity contribution in [1.29, 1.82) is 0 Å². The summed E-state index contributed by atoms with van der Waals surface area (Å²) < 4.78 is 9.88. The van der Waals surface area contributed by atoms with Gasteiger partial charge in [0.1, 0.15) is 6.54 Å². The lowest BCUT2D eigenvalue weighted by Crippen LogP contribution is -2.14. The van der Waals surface area contributed by atoms with Crippen molar-refractivity contribution in [2.45, 2.75) is 46.7 Å². The second kappa shape index (κ2) is 21.1. The van der Waals surface area contributed by atoms with Gasteiger partial charge in [0.05, 0.1) is 28.2 Å². The van der Waals surface area contributed by atoms with E-state index >= 15 is 0 Å². The van der Waals surface area contributed by atoms with Crippen molar-refractivity contribution in [2.75, 3.05) is 6.54 Å². The van der Waals surface area contributed by atoms with Crippen LogP contribution in [0.5, 0.6) is 0 Å². The van der Waals surface area contributed by atoms with E-state index < -0.39 is 0 Å². The molecule has 0 amide bonds. The Morgan fingerprint density at radius 3 is 1.52 bits per heavy atom. The lowest BCUT2D eigenvalue weighted by Gasteiger charge is -2.16. The van der Waals surface area contributed by atoms with Gasteiger partial charge >= 0.3 is 0 Å². The predicted molar refractivity (Wildman–Crippen MR) is 335 cm³/mol. The predicted octanol–water partition coefficient (Wildman–Crippen LogP) is 19.1. The number of rotatable bonds is 13. The quantitative estimate of drug-likeness (QED) is 0.102. The second-order valence-electron chi connectivity index (χ2n) is 20.6. The summed E-state index contributed by atoms with van der Waals surface area (Å²) in [7, 11) is 2.21. The first-order chi connectivity index (χ1) is 39.0. The number of fused-ring (bicyclic) bond motifs is 4. The zero-order chi connectivity index (χ0) is 53.6. The molecule has 0 saturated carbocycles. The molecule has 1 aliphatic carbocycles. The van der Waals surface area contributed by atoms with Gasteiger partial charge in [-0.2, -0.15) is 4.58 Å². The first kappa shape index (κ1) is 49.6. The maximum absolute atomic E-state index is 7.87. The van der Waals surface area contributed by atoms with Crippen molar-refractivity contribution in [2.24, 2.45) is 7.05 Å². The molecule has 2 aliphatic rings. The third-order valence-corrected chi connectivity index (χ3v) is 16.8. The van der Waals surface area contributed by atoms with Gasteiger partial charge in [-0.25, -0.2) is 0 Å². The van der Waals surface area contributed by atoms with Gasteiger partial charge < -0.3 is 13.7 Å². The number of para-hydroxylation sites is 4. The van der Waals surface area contributed by atoms with E-state index in [1.165, 1.54) is 117 Å². The van der Waals surface area contributed by atoms with Crippen LogP contribution in [-0.4, -0.2) is 30.5 Å². The third kappa shape index (κ3) is 8.41. The van der Waals surface area contributed by atoms with Gasteiger partial charge in [0.15, 0.2) is 0 Å². The highest BCUT2D eigenvalue weighted by Crippen LogP contribution is 2.50. The number of allylic oxidation sites excluding steroid dienone is 9. The molecule has 3 aromatic heterocycles. The zero-order valence-electron chi connectivity index (χ0n) is 45.3. The van der Waals surface area contributed by atoms with Crippen molar-refractivity contribution in [3.8, 4) is 33.8 Å². The molecule has 11 aromatic rings. The van der Waals surface area contributed by atoms with E-state index in [1.807, 2.05) is 0 Å². The summed E-state index contributed by atoms with van der Waals surface area (Å²) in [6.07, 6.45) is 11.1. The van der Waals surface area contributed by atoms with Gasteiger partial charge in [0.25, 0.3) is 0 Å². The van der Waals surface area contributed by atoms with Gasteiger partial charge in [0.2, 0.25) is 11.4 Å². The molecule has 8 aromatic carbocycles. The molecule has 0 fully saturated rings. The van der Waals surface area contributed by atoms with Crippen molar-refractivity contribution >= 4 is 72.4 Å². The summed E-state index contributed by atoms with van der Waals surface area (Å²) in [6, 6.07) is 79.5. The van der Waals surface area contributed by atoms with E-state index in [1.54, 1.807) is 0 Å². The van der Waals surface area contributed by atoms with Gasteiger partial charge in [0, 0.05) is 86.2 Å². The maximum Gasteiger partial charge on any atom is 0.221 e. The molecule has 4 nitrogen and oxygen atoms in total. The SMILES string of the molecule is CCn1c(-c2ccccc2)c(C(/C=C/C2=C(Cl)C(=C/C=C(\c3c(-c4ccccc4)n(C)c4ccccc34)c3c(-c4ccccc4)n(CC)c4ccccc34)CC2)=C2C(c3ccccc3)=[N+](CC)c3ccccc32)c2ccccc21. The van der Waals surface area contributed by atoms with Crippen molar-refractivity contribution in [3.63, 3.8) is 0 Å². The third-order valence-electron chi connectivity index (χ3n) is 16.4. The number of aromatic nitrogens is 3. The van der Waals surface area contributed by atoms with E-state index in [4.69, 9.17) is 11.6 Å². The van der Waals surface area contributed by atoms with Crippen LogP contribution in [0, 0.1) is 0 Å². The van der Waals surface area contributed by atoms with Crippen molar-refractivity contribution in [3.05, 3.63) is 287 Å². The second-order valence-corrected chi connectivity index (χ2v) is 21.0. The zero-order valence-corrected chi connectivity index (χ0v) is 46.1. The lowest BCUT2D eigenvalue weighted by atomic mass is 9.87. The molecule has 0 bridgehead atoms. The average Bonchev–Trinajstić information content (AvgIpc) is 4.50. The molecule has 0 radical (unpaired) electrons. The molecule has 5 heteroatoms. The Hall–Kier alpha value is -8.96. The highest BCUT2D eigenvalue weighted by atomic mass is 35.5. The standard InChI is InChI=1S/C74H62ClN4/c1-5-77-63-41-25-21-37-57(63)67(72(77)53-30-14-9-15-31-53)60(66-56-36-20-24-40-62(56)76(4)71(66)52-28-12-8-13-29-52)48-46-50-44-45-51(70(50)75)47-49-61(68-58-38-22-26-42-64(58)78(6-2)73(68)54-32-16-10-17-33-54)69-59-39-23-27-43-65(59)79(7-3)74(69)55-34-18-11-19-35-55/h8-43,46-49H,5-7,44-45H2,1-4H3/q+1. The Balaban J connectivity index is 1.06. The Morgan fingerprint density at radius 2 is 0.949 bits per heavy atom. The van der Waals surface area contributed by atoms with Gasteiger partial charge in [-0.05, 0) is 109 Å². The van der Waals surface area contributed by atoms with Crippen LogP contribution in [0.3, 0.4) is 0 Å². The summed E-state index contributed by atoms with van der Waals surface area (Å²) in [5.41, 5.74) is 25.0. The Kier molecular flexibility index (Phi) is 13.3. The molecular formula is C74H62ClN4+. The molecule has 79 heavy (non-hydrogen) atoms. The number of aryl methyl sites for hydroxylation is 3. The summed E-state index contributed by atoms with van der Waals surface area (Å²) in [6.45, 7) is 9.25. The average molecular weight is 1040 g/mol. The summed E-state index contributed by atoms with van der Waals surface area (Å²) in [4.78, 5) is 0. The number of benzene rings is 8. The minimum atomic E-state index is 0.810. The minimum Gasteiger partial charge on any atom is -0.343 e. The van der Waals surface area contributed by atoms with E-state index in [0.717, 1.165) is 54.2 Å². The molecule has 0 unspecified atom stereocenters. The van der Waals surface area contributed by atoms with Crippen LogP contribution in [0.4, 0.5) is 5.69 Å². The fourth-order valence-corrected chi connectivity index (χ4v) is 13.3. The highest BCUT2D eigenvalue weighted by molar-refractivity contribution is 6.39. The Bertz CT molecular complexity index is 4340. The highest BCUT2D eigenvalue weighted by Gasteiger charge is 2.38. The summed E-state index contributed by atoms with van der Waals surface area (Å²) in [5, 5.41) is 4.46. The van der Waals surface area contributed by atoms with Crippen molar-refractivity contribution in [1.82, 2.24) is 13.7 Å². The van der Waals surface area contributed by atoms with Crippen LogP contribution in [-0.2, 0) is 20.1 Å². The smallest absolute Gasteiger partial charge is 0.221 e. The summed E-state index contributed by atoms with van der Waals surface area (Å²) >= 11 is 7.87. The number of nitrogens with zero attached hydrogens (tertiary/aromatic N) is 4. The monoisotopic (exact) mass is 1040 g/mol. The maximum atomic E-state index is 7.87. The van der Waals surface area contributed by atoms with Crippen LogP contribution >= 0.6 is 11.6 Å². The van der Waals surface area contributed by atoms with E-state index in [2.05, 4.69) is 289 Å². The van der Waals surface area contributed by atoms with E-state index in [-0.39, 0.29) is 0 Å². The minimum absolute atomic E-state index is 0.810. The van der Waals surface area contributed by atoms with Gasteiger partial charge in [-0.15, -0.1) is 0 Å². The number of hydrogen-bond donors (Lipinski definition) is 0. The Labute approximate surface area is 468 Å². The molecule has 384 valence electrons. The van der Waals surface area contributed by atoms with Crippen LogP contribution < -0.4 is 0 Å². The molecule has 0 N–H and O–H groups in total. The molecule has 0 saturated heterocycles. The normalized spacial score (nSPS) is 15.1. The molecule has 0 atom stereocenters. The van der Waals surface area contributed by atoms with E-state index in [9.17, 15) is 0 Å². The lowest BCUT2D eigenvalue weighted by molar-refractivity contribution is -0.431. The Morgan fingerprint density at radius 1 is 0.494 bits per heavy atom. The molecular weight excluding hydrogens is 980 g/mol. The topological polar surface area (TPSA) is 17.8 Å².